The van der Waals surface area contributed by atoms with E-state index in [0.717, 1.165) is 25.7 Å². The zero-order chi connectivity index (χ0) is 19.5. The van der Waals surface area contributed by atoms with E-state index in [1.807, 2.05) is 6.92 Å². The normalized spacial score (nSPS) is 17.7. The van der Waals surface area contributed by atoms with Gasteiger partial charge in [0.05, 0.1) is 11.1 Å². The van der Waals surface area contributed by atoms with Crippen molar-refractivity contribution in [1.82, 2.24) is 5.32 Å². The highest BCUT2D eigenvalue weighted by molar-refractivity contribution is 7.80. The molecule has 9 heteroatoms. The van der Waals surface area contributed by atoms with Crippen molar-refractivity contribution in [2.75, 3.05) is 5.32 Å². The van der Waals surface area contributed by atoms with Gasteiger partial charge in [0.1, 0.15) is 0 Å². The van der Waals surface area contributed by atoms with Crippen molar-refractivity contribution < 1.29 is 26.3 Å². The number of anilines is 1. The predicted molar refractivity (Wildman–Crippen MR) is 91.8 cm³/mol. The largest absolute Gasteiger partial charge is 0.416 e. The molecule has 0 unspecified atom stereocenters. The second kappa shape index (κ2) is 8.02. The van der Waals surface area contributed by atoms with E-state index < -0.39 is 23.5 Å². The maximum absolute atomic E-state index is 12.9. The first kappa shape index (κ1) is 20.8. The summed E-state index contributed by atoms with van der Waals surface area (Å²) in [6, 6.07) is 1.32. The van der Waals surface area contributed by atoms with Gasteiger partial charge in [0.2, 0.25) is 0 Å². The van der Waals surface area contributed by atoms with E-state index >= 15 is 0 Å². The molecule has 1 atom stereocenters. The Morgan fingerprint density at radius 2 is 1.46 bits per heavy atom. The van der Waals surface area contributed by atoms with E-state index in [1.54, 1.807) is 0 Å². The Kier molecular flexibility index (Phi) is 6.42. The fourth-order valence-corrected chi connectivity index (χ4v) is 3.46. The zero-order valence-corrected chi connectivity index (χ0v) is 14.9. The van der Waals surface area contributed by atoms with Crippen molar-refractivity contribution in [2.24, 2.45) is 5.92 Å². The lowest BCUT2D eigenvalue weighted by Gasteiger charge is -2.29. The van der Waals surface area contributed by atoms with Gasteiger partial charge in [-0.15, -0.1) is 0 Å². The summed E-state index contributed by atoms with van der Waals surface area (Å²) in [5.74, 6) is 0.385. The van der Waals surface area contributed by atoms with E-state index in [9.17, 15) is 26.3 Å². The summed E-state index contributed by atoms with van der Waals surface area (Å²) < 4.78 is 77.3. The van der Waals surface area contributed by atoms with Crippen LogP contribution in [0.15, 0.2) is 18.2 Å². The molecule has 26 heavy (non-hydrogen) atoms. The maximum atomic E-state index is 12.9. The summed E-state index contributed by atoms with van der Waals surface area (Å²) in [7, 11) is 0. The first-order valence-corrected chi connectivity index (χ1v) is 8.74. The van der Waals surface area contributed by atoms with Crippen LogP contribution in [0.25, 0.3) is 0 Å². The number of thiocarbonyl (C=S) groups is 1. The van der Waals surface area contributed by atoms with Crippen LogP contribution in [-0.2, 0) is 12.4 Å². The first-order chi connectivity index (χ1) is 12.0. The van der Waals surface area contributed by atoms with Gasteiger partial charge < -0.3 is 10.6 Å². The zero-order valence-electron chi connectivity index (χ0n) is 14.1. The molecular weight excluding hydrogens is 378 g/mol. The molecule has 2 rings (SSSR count). The topological polar surface area (TPSA) is 24.1 Å². The lowest BCUT2D eigenvalue weighted by Crippen LogP contribution is -2.41. The maximum Gasteiger partial charge on any atom is 0.416 e. The van der Waals surface area contributed by atoms with Gasteiger partial charge in [-0.05, 0) is 56.1 Å². The Morgan fingerprint density at radius 1 is 0.962 bits per heavy atom. The Morgan fingerprint density at radius 3 is 1.92 bits per heavy atom. The highest BCUT2D eigenvalue weighted by Crippen LogP contribution is 2.37. The molecule has 1 saturated carbocycles. The quantitative estimate of drug-likeness (QED) is 0.484. The highest BCUT2D eigenvalue weighted by atomic mass is 32.1. The third kappa shape index (κ3) is 5.75. The number of rotatable bonds is 3. The third-order valence-corrected chi connectivity index (χ3v) is 4.78. The number of hydrogen-bond acceptors (Lipinski definition) is 1. The fraction of sp³-hybridized carbons (Fsp3) is 0.588. The molecule has 0 heterocycles. The minimum Gasteiger partial charge on any atom is -0.360 e. The van der Waals surface area contributed by atoms with Crippen LogP contribution in [0.2, 0.25) is 0 Å². The Balaban J connectivity index is 2.13. The summed E-state index contributed by atoms with van der Waals surface area (Å²) in [4.78, 5) is 0. The Bertz CT molecular complexity index is 603. The van der Waals surface area contributed by atoms with Gasteiger partial charge in [0.15, 0.2) is 5.11 Å². The minimum atomic E-state index is -4.89. The molecule has 0 aliphatic heterocycles. The number of halogens is 6. The molecule has 0 saturated heterocycles. The van der Waals surface area contributed by atoms with E-state index in [2.05, 4.69) is 10.6 Å². The Labute approximate surface area is 153 Å². The smallest absolute Gasteiger partial charge is 0.360 e. The van der Waals surface area contributed by atoms with Crippen molar-refractivity contribution >= 4 is 23.0 Å². The van der Waals surface area contributed by atoms with Crippen molar-refractivity contribution in [1.29, 1.82) is 0 Å². The lowest BCUT2D eigenvalue weighted by atomic mass is 9.85. The van der Waals surface area contributed by atoms with Gasteiger partial charge in [-0.25, -0.2) is 0 Å². The average Bonchev–Trinajstić information content (AvgIpc) is 2.53. The molecule has 0 spiro atoms. The van der Waals surface area contributed by atoms with Gasteiger partial charge in [0.25, 0.3) is 0 Å². The van der Waals surface area contributed by atoms with Crippen LogP contribution >= 0.6 is 12.2 Å². The van der Waals surface area contributed by atoms with E-state index in [1.165, 1.54) is 6.42 Å². The molecular formula is C17H20F6N2S. The molecule has 1 aromatic rings. The van der Waals surface area contributed by atoms with Crippen LogP contribution < -0.4 is 10.6 Å². The van der Waals surface area contributed by atoms with Crippen LogP contribution in [0, 0.1) is 5.92 Å². The average molecular weight is 398 g/mol. The molecule has 0 radical (unpaired) electrons. The summed E-state index contributed by atoms with van der Waals surface area (Å²) in [6.45, 7) is 1.91. The van der Waals surface area contributed by atoms with Crippen LogP contribution in [0.5, 0.6) is 0 Å². The lowest BCUT2D eigenvalue weighted by molar-refractivity contribution is -0.143. The van der Waals surface area contributed by atoms with Crippen molar-refractivity contribution in [2.45, 2.75) is 57.4 Å². The van der Waals surface area contributed by atoms with Crippen LogP contribution in [0.1, 0.15) is 50.2 Å². The second-order valence-electron chi connectivity index (χ2n) is 6.58. The molecule has 1 aliphatic carbocycles. The molecule has 146 valence electrons. The van der Waals surface area contributed by atoms with Crippen molar-refractivity contribution in [3.8, 4) is 0 Å². The summed E-state index contributed by atoms with van der Waals surface area (Å²) in [5.41, 5.74) is -3.10. The summed E-state index contributed by atoms with van der Waals surface area (Å²) in [6.07, 6.45) is -4.32. The summed E-state index contributed by atoms with van der Waals surface area (Å²) in [5, 5.41) is 5.44. The van der Waals surface area contributed by atoms with Gasteiger partial charge in [-0.3, -0.25) is 0 Å². The molecule has 2 nitrogen and oxygen atoms in total. The summed E-state index contributed by atoms with van der Waals surface area (Å²) >= 11 is 5.07. The van der Waals surface area contributed by atoms with E-state index in [-0.39, 0.29) is 22.9 Å². The molecule has 0 bridgehead atoms. The number of benzene rings is 1. The van der Waals surface area contributed by atoms with E-state index in [0.29, 0.717) is 18.1 Å². The molecule has 0 amide bonds. The number of hydrogen-bond donors (Lipinski definition) is 2. The van der Waals surface area contributed by atoms with Gasteiger partial charge in [-0.1, -0.05) is 19.3 Å². The minimum absolute atomic E-state index is 0.00974. The molecule has 1 fully saturated rings. The first-order valence-electron chi connectivity index (χ1n) is 8.34. The van der Waals surface area contributed by atoms with Crippen LogP contribution in [0.4, 0.5) is 32.0 Å². The number of alkyl halides is 6. The van der Waals surface area contributed by atoms with Gasteiger partial charge >= 0.3 is 12.4 Å². The van der Waals surface area contributed by atoms with E-state index in [4.69, 9.17) is 12.2 Å². The van der Waals surface area contributed by atoms with Crippen molar-refractivity contribution in [3.05, 3.63) is 29.3 Å². The standard InChI is InChI=1S/C17H20F6N2S/c1-10(11-5-3-2-4-6-11)24-15(26)25-14-8-12(16(18,19)20)7-13(9-14)17(21,22)23/h7-11H,2-6H2,1H3,(H2,24,25,26)/t10-/m1/s1. The number of nitrogens with one attached hydrogen (secondary N) is 2. The van der Waals surface area contributed by atoms with Crippen LogP contribution in [-0.4, -0.2) is 11.2 Å². The third-order valence-electron chi connectivity index (χ3n) is 4.56. The monoisotopic (exact) mass is 398 g/mol. The highest BCUT2D eigenvalue weighted by Gasteiger charge is 2.37. The van der Waals surface area contributed by atoms with Crippen LogP contribution in [0.3, 0.4) is 0 Å². The second-order valence-corrected chi connectivity index (χ2v) is 6.99. The molecule has 2 N–H and O–H groups in total. The van der Waals surface area contributed by atoms with Gasteiger partial charge in [-0.2, -0.15) is 26.3 Å². The fourth-order valence-electron chi connectivity index (χ4n) is 3.15. The SMILES string of the molecule is C[C@@H](NC(=S)Nc1cc(C(F)(F)F)cc(C(F)(F)F)c1)C1CCCCC1. The predicted octanol–water partition coefficient (Wildman–Crippen LogP) is 5.98. The molecule has 0 aromatic heterocycles. The molecule has 1 aliphatic rings. The van der Waals surface area contributed by atoms with Crippen molar-refractivity contribution in [3.63, 3.8) is 0 Å². The molecule has 1 aromatic carbocycles. The van der Waals surface area contributed by atoms with Gasteiger partial charge in [0, 0.05) is 11.7 Å². The Hall–Kier alpha value is -1.51.